The van der Waals surface area contributed by atoms with Crippen molar-refractivity contribution in [2.75, 3.05) is 12.4 Å². The Hall–Kier alpha value is -0.570. The van der Waals surface area contributed by atoms with Crippen LogP contribution < -0.4 is 5.32 Å². The number of aliphatic hydroxyl groups excluding tert-OH is 1. The topological polar surface area (TPSA) is 32.3 Å². The van der Waals surface area contributed by atoms with Gasteiger partial charge in [-0.1, -0.05) is 29.8 Å². The molecule has 1 aromatic carbocycles. The number of alkyl halides is 1. The first kappa shape index (κ1) is 11.5. The Morgan fingerprint density at radius 2 is 2.00 bits per heavy atom. The number of nitrogens with one attached hydrogen (secondary N) is 1. The molecule has 1 unspecified atom stereocenters. The molecule has 2 nitrogen and oxygen atoms in total. The van der Waals surface area contributed by atoms with Crippen LogP contribution in [0.4, 0.5) is 0 Å². The van der Waals surface area contributed by atoms with Crippen molar-refractivity contribution in [2.24, 2.45) is 0 Å². The maximum Gasteiger partial charge on any atom is 0.0799 e. The van der Waals surface area contributed by atoms with Gasteiger partial charge in [0.25, 0.3) is 0 Å². The van der Waals surface area contributed by atoms with Crippen LogP contribution in [-0.2, 0) is 6.54 Å². The molecule has 0 saturated carbocycles. The van der Waals surface area contributed by atoms with Gasteiger partial charge in [0.1, 0.15) is 0 Å². The zero-order chi connectivity index (χ0) is 10.4. The number of aryl methyl sites for hydroxylation is 1. The molecular weight excluding hydrogens is 198 g/mol. The van der Waals surface area contributed by atoms with E-state index in [0.29, 0.717) is 6.54 Å². The quantitative estimate of drug-likeness (QED) is 0.730. The minimum atomic E-state index is -0.456. The molecule has 14 heavy (non-hydrogen) atoms. The van der Waals surface area contributed by atoms with Gasteiger partial charge in [0, 0.05) is 19.0 Å². The minimum Gasteiger partial charge on any atom is -0.391 e. The molecule has 0 aliphatic rings. The molecule has 1 rings (SSSR count). The summed E-state index contributed by atoms with van der Waals surface area (Å²) < 4.78 is 0. The smallest absolute Gasteiger partial charge is 0.0799 e. The van der Waals surface area contributed by atoms with Crippen molar-refractivity contribution in [3.05, 3.63) is 35.4 Å². The van der Waals surface area contributed by atoms with Crippen molar-refractivity contribution in [2.45, 2.75) is 19.6 Å². The molecule has 1 atom stereocenters. The first-order chi connectivity index (χ1) is 6.72. The van der Waals surface area contributed by atoms with E-state index in [-0.39, 0.29) is 5.88 Å². The van der Waals surface area contributed by atoms with E-state index in [4.69, 9.17) is 11.6 Å². The molecule has 2 N–H and O–H groups in total. The molecule has 0 heterocycles. The van der Waals surface area contributed by atoms with Gasteiger partial charge >= 0.3 is 0 Å². The summed E-state index contributed by atoms with van der Waals surface area (Å²) in [7, 11) is 0. The second-order valence-electron chi connectivity index (χ2n) is 3.42. The average molecular weight is 214 g/mol. The van der Waals surface area contributed by atoms with E-state index in [2.05, 4.69) is 36.5 Å². The second-order valence-corrected chi connectivity index (χ2v) is 3.73. The molecule has 0 spiro atoms. The van der Waals surface area contributed by atoms with Gasteiger partial charge in [-0.3, -0.25) is 0 Å². The Labute approximate surface area is 89.9 Å². The molecule has 0 amide bonds. The predicted octanol–water partition coefficient (Wildman–Crippen LogP) is 1.68. The van der Waals surface area contributed by atoms with Crippen LogP contribution in [0.5, 0.6) is 0 Å². The fraction of sp³-hybridized carbons (Fsp3) is 0.455. The van der Waals surface area contributed by atoms with Crippen LogP contribution >= 0.6 is 11.6 Å². The van der Waals surface area contributed by atoms with Crippen LogP contribution in [0.15, 0.2) is 24.3 Å². The predicted molar refractivity (Wildman–Crippen MR) is 59.6 cm³/mol. The lowest BCUT2D eigenvalue weighted by molar-refractivity contribution is 0.194. The van der Waals surface area contributed by atoms with E-state index in [1.54, 1.807) is 0 Å². The van der Waals surface area contributed by atoms with Gasteiger partial charge in [-0.05, 0) is 12.5 Å². The normalized spacial score (nSPS) is 12.8. The largest absolute Gasteiger partial charge is 0.391 e. The van der Waals surface area contributed by atoms with Crippen LogP contribution in [-0.4, -0.2) is 23.6 Å². The number of aliphatic hydroxyl groups is 1. The van der Waals surface area contributed by atoms with E-state index in [1.165, 1.54) is 11.1 Å². The lowest BCUT2D eigenvalue weighted by Crippen LogP contribution is -2.27. The molecule has 0 radical (unpaired) electrons. The molecule has 0 aliphatic carbocycles. The van der Waals surface area contributed by atoms with E-state index in [9.17, 15) is 5.11 Å². The van der Waals surface area contributed by atoms with Crippen molar-refractivity contribution in [1.82, 2.24) is 5.32 Å². The summed E-state index contributed by atoms with van der Waals surface area (Å²) in [6, 6.07) is 8.31. The standard InChI is InChI=1S/C11H16ClNO/c1-9-2-4-10(5-3-9)7-13-8-11(14)6-12/h2-5,11,13-14H,6-8H2,1H3. The molecule has 3 heteroatoms. The highest BCUT2D eigenvalue weighted by molar-refractivity contribution is 6.18. The van der Waals surface area contributed by atoms with Crippen molar-refractivity contribution in [3.63, 3.8) is 0 Å². The summed E-state index contributed by atoms with van der Waals surface area (Å²) in [5, 5.41) is 12.3. The molecule has 0 fully saturated rings. The molecule has 0 aromatic heterocycles. The first-order valence-electron chi connectivity index (χ1n) is 4.72. The van der Waals surface area contributed by atoms with Crippen molar-refractivity contribution >= 4 is 11.6 Å². The van der Waals surface area contributed by atoms with E-state index >= 15 is 0 Å². The van der Waals surface area contributed by atoms with Gasteiger partial charge in [0.15, 0.2) is 0 Å². The summed E-state index contributed by atoms with van der Waals surface area (Å²) in [5.41, 5.74) is 2.48. The lowest BCUT2D eigenvalue weighted by atomic mass is 10.1. The molecule has 0 saturated heterocycles. The van der Waals surface area contributed by atoms with Crippen molar-refractivity contribution in [3.8, 4) is 0 Å². The summed E-state index contributed by atoms with van der Waals surface area (Å²) in [4.78, 5) is 0. The number of rotatable bonds is 5. The molecular formula is C11H16ClNO. The Balaban J connectivity index is 2.28. The third-order valence-electron chi connectivity index (χ3n) is 2.01. The highest BCUT2D eigenvalue weighted by atomic mass is 35.5. The number of halogens is 1. The maximum absolute atomic E-state index is 9.19. The third-order valence-corrected chi connectivity index (χ3v) is 2.36. The minimum absolute atomic E-state index is 0.279. The fourth-order valence-electron chi connectivity index (χ4n) is 1.14. The molecule has 0 bridgehead atoms. The Morgan fingerprint density at radius 1 is 1.36 bits per heavy atom. The number of hydrogen-bond acceptors (Lipinski definition) is 2. The summed E-state index contributed by atoms with van der Waals surface area (Å²) in [6.45, 7) is 3.38. The Bertz CT molecular complexity index is 260. The SMILES string of the molecule is Cc1ccc(CNCC(O)CCl)cc1. The van der Waals surface area contributed by atoms with Crippen LogP contribution in [0.25, 0.3) is 0 Å². The molecule has 0 aliphatic heterocycles. The summed E-state index contributed by atoms with van der Waals surface area (Å²) >= 11 is 5.46. The van der Waals surface area contributed by atoms with Crippen LogP contribution in [0.1, 0.15) is 11.1 Å². The monoisotopic (exact) mass is 213 g/mol. The van der Waals surface area contributed by atoms with Crippen LogP contribution in [0.2, 0.25) is 0 Å². The van der Waals surface area contributed by atoms with E-state index in [1.807, 2.05) is 0 Å². The fourth-order valence-corrected chi connectivity index (χ4v) is 1.25. The summed E-state index contributed by atoms with van der Waals surface area (Å²) in [5.74, 6) is 0.279. The number of benzene rings is 1. The first-order valence-corrected chi connectivity index (χ1v) is 5.26. The van der Waals surface area contributed by atoms with Crippen molar-refractivity contribution in [1.29, 1.82) is 0 Å². The van der Waals surface area contributed by atoms with E-state index in [0.717, 1.165) is 6.54 Å². The van der Waals surface area contributed by atoms with Gasteiger partial charge in [0.05, 0.1) is 6.10 Å². The van der Waals surface area contributed by atoms with Crippen LogP contribution in [0.3, 0.4) is 0 Å². The van der Waals surface area contributed by atoms with Gasteiger partial charge in [-0.25, -0.2) is 0 Å². The third kappa shape index (κ3) is 4.09. The van der Waals surface area contributed by atoms with Gasteiger partial charge in [0.2, 0.25) is 0 Å². The Kier molecular flexibility index (Phi) is 4.94. The van der Waals surface area contributed by atoms with Gasteiger partial charge in [-0.15, -0.1) is 11.6 Å². The second kappa shape index (κ2) is 6.02. The van der Waals surface area contributed by atoms with Gasteiger partial charge < -0.3 is 10.4 Å². The highest BCUT2D eigenvalue weighted by Gasteiger charge is 2.00. The zero-order valence-corrected chi connectivity index (χ0v) is 9.09. The van der Waals surface area contributed by atoms with Crippen molar-refractivity contribution < 1.29 is 5.11 Å². The van der Waals surface area contributed by atoms with Gasteiger partial charge in [-0.2, -0.15) is 0 Å². The maximum atomic E-state index is 9.19. The zero-order valence-electron chi connectivity index (χ0n) is 8.33. The number of hydrogen-bond donors (Lipinski definition) is 2. The lowest BCUT2D eigenvalue weighted by Gasteiger charge is -2.08. The van der Waals surface area contributed by atoms with E-state index < -0.39 is 6.10 Å². The average Bonchev–Trinajstić information content (AvgIpc) is 2.21. The molecule has 1 aromatic rings. The van der Waals surface area contributed by atoms with Crippen LogP contribution in [0, 0.1) is 6.92 Å². The Morgan fingerprint density at radius 3 is 2.57 bits per heavy atom. The molecule has 78 valence electrons. The summed E-state index contributed by atoms with van der Waals surface area (Å²) in [6.07, 6.45) is -0.456. The highest BCUT2D eigenvalue weighted by Crippen LogP contribution is 2.02.